The van der Waals surface area contributed by atoms with Crippen molar-refractivity contribution in [2.45, 2.75) is 25.3 Å². The molecule has 4 rings (SSSR count). The van der Waals surface area contributed by atoms with Crippen LogP contribution in [0.15, 0.2) is 65.6 Å². The smallest absolute Gasteiger partial charge is 0.228 e. The largest absolute Gasteiger partial charge is 0.267 e. The molecule has 0 aliphatic rings. The summed E-state index contributed by atoms with van der Waals surface area (Å²) in [5, 5.41) is 4.36. The summed E-state index contributed by atoms with van der Waals surface area (Å²) < 4.78 is 43.0. The van der Waals surface area contributed by atoms with Gasteiger partial charge in [0.15, 0.2) is 0 Å². The fourth-order valence-electron chi connectivity index (χ4n) is 3.05. The van der Waals surface area contributed by atoms with Gasteiger partial charge in [-0.3, -0.25) is 0 Å². The highest BCUT2D eigenvalue weighted by Crippen LogP contribution is 2.24. The van der Waals surface area contributed by atoms with Gasteiger partial charge in [-0.1, -0.05) is 30.3 Å². The lowest BCUT2D eigenvalue weighted by molar-refractivity contribution is 0.588. The molecule has 0 saturated heterocycles. The van der Waals surface area contributed by atoms with Gasteiger partial charge in [0, 0.05) is 11.4 Å². The molecule has 0 unspecified atom stereocenters. The third-order valence-corrected chi connectivity index (χ3v) is 6.12. The van der Waals surface area contributed by atoms with E-state index in [-0.39, 0.29) is 17.4 Å². The molecule has 7 nitrogen and oxygen atoms in total. The van der Waals surface area contributed by atoms with Crippen LogP contribution in [-0.4, -0.2) is 28.0 Å². The number of hydrogen-bond acceptors (Lipinski definition) is 5. The lowest BCUT2D eigenvalue weighted by Crippen LogP contribution is -2.31. The minimum atomic E-state index is -3.99. The van der Waals surface area contributed by atoms with Crippen LogP contribution in [0.4, 0.5) is 10.3 Å². The highest BCUT2D eigenvalue weighted by Gasteiger charge is 2.29. The molecule has 0 fully saturated rings. The molecule has 148 valence electrons. The van der Waals surface area contributed by atoms with E-state index in [9.17, 15) is 12.8 Å². The third kappa shape index (κ3) is 3.68. The predicted molar refractivity (Wildman–Crippen MR) is 106 cm³/mol. The molecular formula is C20H18FN5O2S. The summed E-state index contributed by atoms with van der Waals surface area (Å²) in [7, 11) is -3.99. The van der Waals surface area contributed by atoms with Gasteiger partial charge >= 0.3 is 0 Å². The minimum absolute atomic E-state index is 0.0284. The fourth-order valence-corrected chi connectivity index (χ4v) is 4.41. The first-order valence-electron chi connectivity index (χ1n) is 8.88. The first kappa shape index (κ1) is 19.0. The van der Waals surface area contributed by atoms with Gasteiger partial charge in [0.05, 0.1) is 11.4 Å². The lowest BCUT2D eigenvalue weighted by atomic mass is 10.2. The van der Waals surface area contributed by atoms with Crippen LogP contribution in [0.25, 0.3) is 5.78 Å². The monoisotopic (exact) mass is 411 g/mol. The number of sulfonamides is 1. The average Bonchev–Trinajstić information content (AvgIpc) is 3.10. The van der Waals surface area contributed by atoms with Gasteiger partial charge in [0.2, 0.25) is 0 Å². The molecule has 0 bridgehead atoms. The Morgan fingerprint density at radius 1 is 1.00 bits per heavy atom. The van der Waals surface area contributed by atoms with Crippen molar-refractivity contribution in [3.05, 3.63) is 83.4 Å². The van der Waals surface area contributed by atoms with Crippen LogP contribution in [0.5, 0.6) is 0 Å². The van der Waals surface area contributed by atoms with E-state index in [0.29, 0.717) is 11.3 Å². The van der Waals surface area contributed by atoms with Crippen molar-refractivity contribution >= 4 is 21.7 Å². The topological polar surface area (TPSA) is 80.5 Å². The summed E-state index contributed by atoms with van der Waals surface area (Å²) in [6.07, 6.45) is 0. The molecule has 4 aromatic rings. The Bertz CT molecular complexity index is 1290. The Kier molecular flexibility index (Phi) is 4.75. The number of hydrogen-bond donors (Lipinski definition) is 0. The average molecular weight is 411 g/mol. The zero-order chi connectivity index (χ0) is 20.6. The number of fused-ring (bicyclic) bond motifs is 1. The van der Waals surface area contributed by atoms with Crippen LogP contribution in [0.1, 0.15) is 17.0 Å². The van der Waals surface area contributed by atoms with E-state index in [1.807, 2.05) is 19.9 Å². The Morgan fingerprint density at radius 2 is 1.76 bits per heavy atom. The van der Waals surface area contributed by atoms with Gasteiger partial charge in [-0.2, -0.15) is 9.50 Å². The molecule has 2 aromatic heterocycles. The maximum absolute atomic E-state index is 13.7. The standard InChI is InChI=1S/C20H18FN5O2S/c1-14-11-15(2)26-19(22-14)23-20(24-26)25(13-16-7-6-8-17(21)12-16)29(27,28)18-9-4-3-5-10-18/h3-12H,13H2,1-2H3. The molecule has 0 saturated carbocycles. The second-order valence-electron chi connectivity index (χ2n) is 6.62. The van der Waals surface area contributed by atoms with Gasteiger partial charge in [-0.25, -0.2) is 22.1 Å². The van der Waals surface area contributed by atoms with Gasteiger partial charge < -0.3 is 0 Å². The molecule has 9 heteroatoms. The summed E-state index contributed by atoms with van der Waals surface area (Å²) in [5.41, 5.74) is 2.00. The first-order valence-corrected chi connectivity index (χ1v) is 10.3. The van der Waals surface area contributed by atoms with Crippen LogP contribution < -0.4 is 4.31 Å². The van der Waals surface area contributed by atoms with Crippen LogP contribution in [0.2, 0.25) is 0 Å². The summed E-state index contributed by atoms with van der Waals surface area (Å²) in [4.78, 5) is 8.76. The van der Waals surface area contributed by atoms with Crippen molar-refractivity contribution in [3.8, 4) is 0 Å². The van der Waals surface area contributed by atoms with Crippen molar-refractivity contribution < 1.29 is 12.8 Å². The van der Waals surface area contributed by atoms with Crippen LogP contribution in [0, 0.1) is 19.7 Å². The Labute approximate surface area is 167 Å². The third-order valence-electron chi connectivity index (χ3n) is 4.38. The Balaban J connectivity index is 1.87. The number of benzene rings is 2. The van der Waals surface area contributed by atoms with Crippen LogP contribution >= 0.6 is 0 Å². The van der Waals surface area contributed by atoms with Gasteiger partial charge in [-0.15, -0.1) is 5.10 Å². The number of aromatic nitrogens is 4. The lowest BCUT2D eigenvalue weighted by Gasteiger charge is -2.21. The molecule has 0 N–H and O–H groups in total. The maximum atomic E-state index is 13.7. The number of aryl methyl sites for hydroxylation is 2. The van der Waals surface area contributed by atoms with Crippen molar-refractivity contribution in [1.29, 1.82) is 0 Å². The van der Waals surface area contributed by atoms with E-state index < -0.39 is 15.8 Å². The molecule has 2 aromatic carbocycles. The first-order chi connectivity index (χ1) is 13.8. The molecule has 0 aliphatic carbocycles. The fraction of sp³-hybridized carbons (Fsp3) is 0.150. The van der Waals surface area contributed by atoms with E-state index in [1.54, 1.807) is 24.3 Å². The van der Waals surface area contributed by atoms with E-state index in [0.717, 1.165) is 15.7 Å². The molecule has 2 heterocycles. The summed E-state index contributed by atoms with van der Waals surface area (Å²) >= 11 is 0. The van der Waals surface area contributed by atoms with E-state index >= 15 is 0 Å². The second kappa shape index (κ2) is 7.25. The zero-order valence-corrected chi connectivity index (χ0v) is 16.6. The van der Waals surface area contributed by atoms with Crippen LogP contribution in [0.3, 0.4) is 0 Å². The molecule has 0 amide bonds. The molecular weight excluding hydrogens is 393 g/mol. The Hall–Kier alpha value is -3.33. The van der Waals surface area contributed by atoms with Crippen molar-refractivity contribution in [1.82, 2.24) is 19.6 Å². The van der Waals surface area contributed by atoms with Crippen molar-refractivity contribution in [2.75, 3.05) is 4.31 Å². The van der Waals surface area contributed by atoms with E-state index in [2.05, 4.69) is 15.1 Å². The molecule has 0 spiro atoms. The number of anilines is 1. The summed E-state index contributed by atoms with van der Waals surface area (Å²) in [6.45, 7) is 3.54. The van der Waals surface area contributed by atoms with Gasteiger partial charge in [0.25, 0.3) is 21.7 Å². The van der Waals surface area contributed by atoms with Crippen molar-refractivity contribution in [3.63, 3.8) is 0 Å². The maximum Gasteiger partial charge on any atom is 0.267 e. The SMILES string of the molecule is Cc1cc(C)n2nc(N(Cc3cccc(F)c3)S(=O)(=O)c3ccccc3)nc2n1. The van der Waals surface area contributed by atoms with E-state index in [1.165, 1.54) is 34.8 Å². The minimum Gasteiger partial charge on any atom is -0.228 e. The number of nitrogens with zero attached hydrogens (tertiary/aromatic N) is 5. The zero-order valence-electron chi connectivity index (χ0n) is 15.8. The van der Waals surface area contributed by atoms with E-state index in [4.69, 9.17) is 0 Å². The number of rotatable bonds is 5. The molecule has 0 aliphatic heterocycles. The number of halogens is 1. The molecule has 0 atom stereocenters. The molecule has 0 radical (unpaired) electrons. The summed E-state index contributed by atoms with van der Waals surface area (Å²) in [5.74, 6) is -0.181. The van der Waals surface area contributed by atoms with Gasteiger partial charge in [-0.05, 0) is 49.7 Å². The Morgan fingerprint density at radius 3 is 2.48 bits per heavy atom. The highest BCUT2D eigenvalue weighted by molar-refractivity contribution is 7.92. The van der Waals surface area contributed by atoms with Crippen molar-refractivity contribution in [2.24, 2.45) is 0 Å². The van der Waals surface area contributed by atoms with Crippen LogP contribution in [-0.2, 0) is 16.6 Å². The predicted octanol–water partition coefficient (Wildman–Crippen LogP) is 3.28. The molecule has 29 heavy (non-hydrogen) atoms. The second-order valence-corrected chi connectivity index (χ2v) is 8.48. The van der Waals surface area contributed by atoms with Gasteiger partial charge in [0.1, 0.15) is 5.82 Å². The quantitative estimate of drug-likeness (QED) is 0.504. The summed E-state index contributed by atoms with van der Waals surface area (Å²) in [6, 6.07) is 15.6. The highest BCUT2D eigenvalue weighted by atomic mass is 32.2. The normalized spacial score (nSPS) is 11.7.